The summed E-state index contributed by atoms with van der Waals surface area (Å²) in [5, 5.41) is 3.36. The molecule has 1 atom stereocenters. The van der Waals surface area contributed by atoms with E-state index in [1.165, 1.54) is 0 Å². The van der Waals surface area contributed by atoms with Crippen molar-refractivity contribution in [2.45, 2.75) is 25.9 Å². The Morgan fingerprint density at radius 2 is 2.25 bits per heavy atom. The molecule has 0 saturated carbocycles. The summed E-state index contributed by atoms with van der Waals surface area (Å²) in [6, 6.07) is 0.185. The van der Waals surface area contributed by atoms with Crippen LogP contribution in [0.2, 0.25) is 0 Å². The summed E-state index contributed by atoms with van der Waals surface area (Å²) >= 11 is 0. The van der Waals surface area contributed by atoms with Gasteiger partial charge in [0.25, 0.3) is 0 Å². The first-order valence-electron chi connectivity index (χ1n) is 5.63. The zero-order valence-corrected chi connectivity index (χ0v) is 10.3. The average Bonchev–Trinajstić information content (AvgIpc) is 2.58. The maximum atomic E-state index is 11.6. The molecule has 1 unspecified atom stereocenters. The smallest absolute Gasteiger partial charge is 0.327 e. The first kappa shape index (κ1) is 13.0. The van der Waals surface area contributed by atoms with Crippen LogP contribution < -0.4 is 11.0 Å². The number of hydrogen-bond donors (Lipinski definition) is 1. The number of imidazole rings is 1. The third-order valence-electron chi connectivity index (χ3n) is 2.49. The molecule has 0 bridgehead atoms. The van der Waals surface area contributed by atoms with E-state index < -0.39 is 0 Å². The van der Waals surface area contributed by atoms with Crippen molar-refractivity contribution in [3.8, 4) is 0 Å². The number of nitrogens with zero attached hydrogens (tertiary/aromatic N) is 2. The molecule has 0 aliphatic heterocycles. The zero-order chi connectivity index (χ0) is 12.0. The van der Waals surface area contributed by atoms with Crippen LogP contribution in [-0.4, -0.2) is 35.4 Å². The molecule has 1 rings (SSSR count). The summed E-state index contributed by atoms with van der Waals surface area (Å²) in [5.41, 5.74) is 0.0133. The van der Waals surface area contributed by atoms with Gasteiger partial charge >= 0.3 is 5.69 Å². The van der Waals surface area contributed by atoms with Crippen molar-refractivity contribution in [2.75, 3.05) is 20.3 Å². The number of hydrogen-bond acceptors (Lipinski definition) is 3. The van der Waals surface area contributed by atoms with Crippen molar-refractivity contribution in [3.05, 3.63) is 22.9 Å². The van der Waals surface area contributed by atoms with Gasteiger partial charge in [-0.3, -0.25) is 4.57 Å². The van der Waals surface area contributed by atoms with Crippen molar-refractivity contribution in [1.82, 2.24) is 14.5 Å². The second-order valence-corrected chi connectivity index (χ2v) is 3.95. The SMILES string of the molecule is CCCNC(COC)Cn1ccn(C)c1=O. The first-order valence-corrected chi connectivity index (χ1v) is 5.63. The van der Waals surface area contributed by atoms with Crippen LogP contribution in [0.1, 0.15) is 13.3 Å². The third-order valence-corrected chi connectivity index (χ3v) is 2.49. The molecular formula is C11H21N3O2. The maximum absolute atomic E-state index is 11.6. The van der Waals surface area contributed by atoms with Crippen LogP contribution in [0, 0.1) is 0 Å². The van der Waals surface area contributed by atoms with Crippen molar-refractivity contribution in [3.63, 3.8) is 0 Å². The van der Waals surface area contributed by atoms with Crippen LogP contribution in [0.3, 0.4) is 0 Å². The molecular weight excluding hydrogens is 206 g/mol. The molecule has 0 saturated heterocycles. The molecule has 0 amide bonds. The lowest BCUT2D eigenvalue weighted by atomic mass is 10.3. The fourth-order valence-corrected chi connectivity index (χ4v) is 1.61. The summed E-state index contributed by atoms with van der Waals surface area (Å²) < 4.78 is 8.41. The Hall–Kier alpha value is -1.07. The highest BCUT2D eigenvalue weighted by Gasteiger charge is 2.10. The second-order valence-electron chi connectivity index (χ2n) is 3.95. The Balaban J connectivity index is 2.60. The van der Waals surface area contributed by atoms with Gasteiger partial charge in [0, 0.05) is 39.1 Å². The van der Waals surface area contributed by atoms with Gasteiger partial charge in [0.2, 0.25) is 0 Å². The number of nitrogens with one attached hydrogen (secondary N) is 1. The topological polar surface area (TPSA) is 48.2 Å². The highest BCUT2D eigenvalue weighted by Crippen LogP contribution is 1.92. The minimum absolute atomic E-state index is 0.0133. The normalized spacial score (nSPS) is 12.9. The number of methoxy groups -OCH3 is 1. The van der Waals surface area contributed by atoms with Crippen molar-refractivity contribution < 1.29 is 4.74 Å². The highest BCUT2D eigenvalue weighted by atomic mass is 16.5. The second kappa shape index (κ2) is 6.50. The van der Waals surface area contributed by atoms with Crippen LogP contribution in [0.4, 0.5) is 0 Å². The molecule has 1 N–H and O–H groups in total. The quantitative estimate of drug-likeness (QED) is 0.724. The molecule has 0 aliphatic carbocycles. The predicted molar refractivity (Wildman–Crippen MR) is 63.6 cm³/mol. The molecule has 5 heteroatoms. The maximum Gasteiger partial charge on any atom is 0.327 e. The minimum Gasteiger partial charge on any atom is -0.383 e. The molecule has 0 aliphatic rings. The molecule has 0 aromatic carbocycles. The van der Waals surface area contributed by atoms with E-state index in [1.54, 1.807) is 35.7 Å². The van der Waals surface area contributed by atoms with Crippen LogP contribution in [0.25, 0.3) is 0 Å². The lowest BCUT2D eigenvalue weighted by Gasteiger charge is -2.17. The van der Waals surface area contributed by atoms with Crippen LogP contribution in [0.15, 0.2) is 17.2 Å². The summed E-state index contributed by atoms with van der Waals surface area (Å²) in [6.45, 7) is 4.32. The van der Waals surface area contributed by atoms with Crippen LogP contribution >= 0.6 is 0 Å². The average molecular weight is 227 g/mol. The number of rotatable bonds is 7. The Bertz CT molecular complexity index is 356. The van der Waals surface area contributed by atoms with E-state index in [0.29, 0.717) is 13.2 Å². The summed E-state index contributed by atoms with van der Waals surface area (Å²) in [7, 11) is 3.43. The van der Waals surface area contributed by atoms with Gasteiger partial charge in [0.05, 0.1) is 6.61 Å². The van der Waals surface area contributed by atoms with E-state index >= 15 is 0 Å². The monoisotopic (exact) mass is 227 g/mol. The zero-order valence-electron chi connectivity index (χ0n) is 10.3. The summed E-state index contributed by atoms with van der Waals surface area (Å²) in [5.74, 6) is 0. The largest absolute Gasteiger partial charge is 0.383 e. The molecule has 0 radical (unpaired) electrons. The fraction of sp³-hybridized carbons (Fsp3) is 0.727. The summed E-state index contributed by atoms with van der Waals surface area (Å²) in [6.07, 6.45) is 4.65. The number of aromatic nitrogens is 2. The molecule has 0 spiro atoms. The summed E-state index contributed by atoms with van der Waals surface area (Å²) in [4.78, 5) is 11.6. The molecule has 0 fully saturated rings. The van der Waals surface area contributed by atoms with Gasteiger partial charge in [0.1, 0.15) is 0 Å². The molecule has 1 heterocycles. The molecule has 5 nitrogen and oxygen atoms in total. The van der Waals surface area contributed by atoms with Gasteiger partial charge in [-0.2, -0.15) is 0 Å². The Morgan fingerprint density at radius 1 is 1.50 bits per heavy atom. The lowest BCUT2D eigenvalue weighted by molar-refractivity contribution is 0.158. The first-order chi connectivity index (χ1) is 7.69. The predicted octanol–water partition coefficient (Wildman–Crippen LogP) is 0.201. The molecule has 92 valence electrons. The van der Waals surface area contributed by atoms with Gasteiger partial charge in [-0.1, -0.05) is 6.92 Å². The molecule has 1 aromatic rings. The molecule has 1 aromatic heterocycles. The molecule has 16 heavy (non-hydrogen) atoms. The number of ether oxygens (including phenoxy) is 1. The standard InChI is InChI=1S/C11H21N3O2/c1-4-5-12-10(9-16-3)8-14-7-6-13(2)11(14)15/h6-7,10,12H,4-5,8-9H2,1-3H3. The van der Waals surface area contributed by atoms with Gasteiger partial charge in [-0.15, -0.1) is 0 Å². The van der Waals surface area contributed by atoms with Gasteiger partial charge in [0.15, 0.2) is 0 Å². The van der Waals surface area contributed by atoms with Gasteiger partial charge in [-0.25, -0.2) is 4.79 Å². The van der Waals surface area contributed by atoms with E-state index in [2.05, 4.69) is 12.2 Å². The van der Waals surface area contributed by atoms with Crippen LogP contribution in [0.5, 0.6) is 0 Å². The van der Waals surface area contributed by atoms with E-state index in [0.717, 1.165) is 13.0 Å². The van der Waals surface area contributed by atoms with Crippen molar-refractivity contribution in [2.24, 2.45) is 7.05 Å². The van der Waals surface area contributed by atoms with E-state index in [-0.39, 0.29) is 11.7 Å². The fourth-order valence-electron chi connectivity index (χ4n) is 1.61. The van der Waals surface area contributed by atoms with E-state index in [4.69, 9.17) is 4.74 Å². The minimum atomic E-state index is 0.0133. The van der Waals surface area contributed by atoms with Crippen LogP contribution in [-0.2, 0) is 18.3 Å². The Kier molecular flexibility index (Phi) is 5.28. The Morgan fingerprint density at radius 3 is 2.75 bits per heavy atom. The Labute approximate surface area is 96.0 Å². The lowest BCUT2D eigenvalue weighted by Crippen LogP contribution is -2.40. The number of aryl methyl sites for hydroxylation is 1. The van der Waals surface area contributed by atoms with E-state index in [1.807, 2.05) is 0 Å². The van der Waals surface area contributed by atoms with Gasteiger partial charge < -0.3 is 14.6 Å². The van der Waals surface area contributed by atoms with Crippen molar-refractivity contribution >= 4 is 0 Å². The van der Waals surface area contributed by atoms with Crippen molar-refractivity contribution in [1.29, 1.82) is 0 Å². The van der Waals surface area contributed by atoms with Gasteiger partial charge in [-0.05, 0) is 13.0 Å². The van der Waals surface area contributed by atoms with E-state index in [9.17, 15) is 4.79 Å². The highest BCUT2D eigenvalue weighted by molar-refractivity contribution is 4.82. The third kappa shape index (κ3) is 3.50.